The SMILES string of the molecule is Cc1ccc(=O)n(CC(=O)N2CCn3nc(-c4cccnc4)nc3[C@H]2C(C)C)n1.O=CO. The molecular formula is C21H25N7O4. The van der Waals surface area contributed by atoms with Gasteiger partial charge in [-0.3, -0.25) is 19.4 Å². The van der Waals surface area contributed by atoms with Crippen LogP contribution in [0.2, 0.25) is 0 Å². The molecule has 0 fully saturated rings. The highest BCUT2D eigenvalue weighted by Crippen LogP contribution is 2.32. The third-order valence-corrected chi connectivity index (χ3v) is 5.01. The largest absolute Gasteiger partial charge is 0.483 e. The number of hydrogen-bond donors (Lipinski definition) is 1. The number of aromatic nitrogens is 6. The number of pyridine rings is 1. The molecule has 0 aromatic carbocycles. The molecule has 11 nitrogen and oxygen atoms in total. The minimum atomic E-state index is -0.288. The second-order valence-electron chi connectivity index (χ2n) is 7.61. The van der Waals surface area contributed by atoms with Crippen LogP contribution >= 0.6 is 0 Å². The van der Waals surface area contributed by atoms with E-state index in [-0.39, 0.29) is 36.4 Å². The lowest BCUT2D eigenvalue weighted by Crippen LogP contribution is -2.46. The van der Waals surface area contributed by atoms with E-state index in [0.717, 1.165) is 11.4 Å². The maximum atomic E-state index is 13.1. The molecular weight excluding hydrogens is 414 g/mol. The molecule has 1 atom stereocenters. The molecule has 0 unspecified atom stereocenters. The molecule has 3 aromatic heterocycles. The van der Waals surface area contributed by atoms with Crippen LogP contribution in [0.25, 0.3) is 11.4 Å². The van der Waals surface area contributed by atoms with E-state index >= 15 is 0 Å². The Morgan fingerprint density at radius 2 is 2.00 bits per heavy atom. The number of carboxylic acid groups (broad SMARTS) is 1. The Kier molecular flexibility index (Phi) is 7.08. The maximum absolute atomic E-state index is 13.1. The summed E-state index contributed by atoms with van der Waals surface area (Å²) >= 11 is 0. The quantitative estimate of drug-likeness (QED) is 0.598. The molecule has 0 bridgehead atoms. The van der Waals surface area contributed by atoms with Crippen molar-refractivity contribution in [2.45, 2.75) is 39.9 Å². The third-order valence-electron chi connectivity index (χ3n) is 5.01. The van der Waals surface area contributed by atoms with E-state index in [1.165, 1.54) is 10.7 Å². The molecule has 1 amide bonds. The highest BCUT2D eigenvalue weighted by molar-refractivity contribution is 5.76. The first kappa shape index (κ1) is 22.8. The van der Waals surface area contributed by atoms with Gasteiger partial charge in [-0.15, -0.1) is 0 Å². The standard InChI is InChI=1S/C20H23N7O2.CH2O2/c1-13(2)18-20-22-19(15-5-4-8-21-11-15)24-26(20)10-9-25(18)17(29)12-27-16(28)7-6-14(3)23-27;2-1-3/h4-8,11,13,18H,9-10,12H2,1-3H3;1H,(H,2,3)/t18-;/m1./s1. The molecule has 32 heavy (non-hydrogen) atoms. The minimum Gasteiger partial charge on any atom is -0.483 e. The lowest BCUT2D eigenvalue weighted by molar-refractivity contribution is -0.137. The van der Waals surface area contributed by atoms with E-state index in [0.29, 0.717) is 24.6 Å². The van der Waals surface area contributed by atoms with Crippen molar-refractivity contribution >= 4 is 12.4 Å². The number of amides is 1. The second-order valence-corrected chi connectivity index (χ2v) is 7.61. The van der Waals surface area contributed by atoms with Crippen LogP contribution in [0.4, 0.5) is 0 Å². The number of nitrogens with zero attached hydrogens (tertiary/aromatic N) is 7. The summed E-state index contributed by atoms with van der Waals surface area (Å²) in [5, 5.41) is 15.7. The van der Waals surface area contributed by atoms with Gasteiger partial charge in [0.2, 0.25) is 5.91 Å². The van der Waals surface area contributed by atoms with Gasteiger partial charge >= 0.3 is 0 Å². The Morgan fingerprint density at radius 3 is 2.66 bits per heavy atom. The molecule has 0 spiro atoms. The van der Waals surface area contributed by atoms with Crippen LogP contribution in [-0.4, -0.2) is 58.5 Å². The van der Waals surface area contributed by atoms with Crippen molar-refractivity contribution in [3.63, 3.8) is 0 Å². The Labute approximate surface area is 184 Å². The van der Waals surface area contributed by atoms with Gasteiger partial charge in [0.1, 0.15) is 6.54 Å². The lowest BCUT2D eigenvalue weighted by atomic mass is 9.99. The zero-order chi connectivity index (χ0) is 23.3. The third kappa shape index (κ3) is 4.88. The average molecular weight is 439 g/mol. The molecule has 0 saturated carbocycles. The average Bonchev–Trinajstić information content (AvgIpc) is 3.21. The van der Waals surface area contributed by atoms with E-state index in [4.69, 9.17) is 14.9 Å². The second kappa shape index (κ2) is 9.94. The van der Waals surface area contributed by atoms with Crippen LogP contribution in [0.15, 0.2) is 41.5 Å². The van der Waals surface area contributed by atoms with Crippen molar-refractivity contribution in [2.75, 3.05) is 6.54 Å². The Morgan fingerprint density at radius 1 is 1.25 bits per heavy atom. The monoisotopic (exact) mass is 439 g/mol. The van der Waals surface area contributed by atoms with E-state index < -0.39 is 0 Å². The Hall–Kier alpha value is -3.89. The van der Waals surface area contributed by atoms with E-state index in [1.54, 1.807) is 30.3 Å². The predicted octanol–water partition coefficient (Wildman–Crippen LogP) is 1.15. The van der Waals surface area contributed by atoms with E-state index in [9.17, 15) is 9.59 Å². The fourth-order valence-corrected chi connectivity index (χ4v) is 3.66. The molecule has 11 heteroatoms. The summed E-state index contributed by atoms with van der Waals surface area (Å²) in [7, 11) is 0. The summed E-state index contributed by atoms with van der Waals surface area (Å²) < 4.78 is 3.09. The predicted molar refractivity (Wildman–Crippen MR) is 114 cm³/mol. The molecule has 0 radical (unpaired) electrons. The lowest BCUT2D eigenvalue weighted by Gasteiger charge is -2.37. The highest BCUT2D eigenvalue weighted by atomic mass is 16.3. The molecule has 1 N–H and O–H groups in total. The topological polar surface area (TPSA) is 136 Å². The van der Waals surface area contributed by atoms with Gasteiger partial charge in [0, 0.05) is 30.6 Å². The summed E-state index contributed by atoms with van der Waals surface area (Å²) in [6, 6.07) is 6.61. The van der Waals surface area contributed by atoms with E-state index in [2.05, 4.69) is 29.0 Å². The number of carbonyl (C=O) groups is 2. The molecule has 1 aliphatic rings. The normalized spacial score (nSPS) is 15.0. The van der Waals surface area contributed by atoms with Gasteiger partial charge in [0.25, 0.3) is 12.0 Å². The minimum absolute atomic E-state index is 0.0899. The van der Waals surface area contributed by atoms with Crippen molar-refractivity contribution in [3.8, 4) is 11.4 Å². The summed E-state index contributed by atoms with van der Waals surface area (Å²) in [6.07, 6.45) is 3.43. The fraction of sp³-hybridized carbons (Fsp3) is 0.381. The van der Waals surface area contributed by atoms with Crippen LogP contribution in [0.3, 0.4) is 0 Å². The maximum Gasteiger partial charge on any atom is 0.290 e. The van der Waals surface area contributed by atoms with E-state index in [1.807, 2.05) is 16.8 Å². The molecule has 0 aliphatic carbocycles. The van der Waals surface area contributed by atoms with Crippen molar-refractivity contribution in [1.82, 2.24) is 34.4 Å². The van der Waals surface area contributed by atoms with Crippen molar-refractivity contribution < 1.29 is 14.7 Å². The zero-order valence-electron chi connectivity index (χ0n) is 18.1. The highest BCUT2D eigenvalue weighted by Gasteiger charge is 2.36. The Balaban J connectivity index is 0.000000913. The van der Waals surface area contributed by atoms with Gasteiger partial charge in [0.05, 0.1) is 18.3 Å². The first-order valence-electron chi connectivity index (χ1n) is 10.1. The molecule has 1 aliphatic heterocycles. The molecule has 0 saturated heterocycles. The summed E-state index contributed by atoms with van der Waals surface area (Å²) in [6.45, 7) is 6.61. The van der Waals surface area contributed by atoms with Crippen molar-refractivity contribution in [1.29, 1.82) is 0 Å². The number of aryl methyl sites for hydroxylation is 1. The zero-order valence-corrected chi connectivity index (χ0v) is 18.1. The first-order valence-corrected chi connectivity index (χ1v) is 10.1. The molecule has 4 heterocycles. The van der Waals surface area contributed by atoms with Gasteiger partial charge in [-0.1, -0.05) is 13.8 Å². The van der Waals surface area contributed by atoms with Crippen molar-refractivity contribution in [2.24, 2.45) is 5.92 Å². The van der Waals surface area contributed by atoms with Gasteiger partial charge in [-0.2, -0.15) is 10.2 Å². The molecule has 168 valence electrons. The first-order chi connectivity index (χ1) is 15.3. The fourth-order valence-electron chi connectivity index (χ4n) is 3.66. The number of hydrogen-bond acceptors (Lipinski definition) is 7. The smallest absolute Gasteiger partial charge is 0.290 e. The van der Waals surface area contributed by atoms with Gasteiger partial charge in [0.15, 0.2) is 11.6 Å². The van der Waals surface area contributed by atoms with Crippen LogP contribution in [0, 0.1) is 12.8 Å². The molecule has 3 aromatic rings. The number of fused-ring (bicyclic) bond motifs is 1. The number of rotatable bonds is 4. The molecule has 4 rings (SSSR count). The van der Waals surface area contributed by atoms with Crippen LogP contribution < -0.4 is 5.56 Å². The van der Waals surface area contributed by atoms with Gasteiger partial charge in [-0.25, -0.2) is 14.3 Å². The van der Waals surface area contributed by atoms with Crippen molar-refractivity contribution in [3.05, 3.63) is 58.5 Å². The summed E-state index contributed by atoms with van der Waals surface area (Å²) in [5.74, 6) is 1.33. The van der Waals surface area contributed by atoms with Gasteiger partial charge in [-0.05, 0) is 31.0 Å². The number of carbonyl (C=O) groups excluding carboxylic acids is 1. The summed E-state index contributed by atoms with van der Waals surface area (Å²) in [5.41, 5.74) is 1.24. The van der Waals surface area contributed by atoms with Gasteiger partial charge < -0.3 is 10.0 Å². The Bertz CT molecular complexity index is 1140. The summed E-state index contributed by atoms with van der Waals surface area (Å²) in [4.78, 5) is 44.2. The van der Waals surface area contributed by atoms with Crippen LogP contribution in [0.1, 0.15) is 31.4 Å². The van der Waals surface area contributed by atoms with Crippen LogP contribution in [0.5, 0.6) is 0 Å². The van der Waals surface area contributed by atoms with Crippen LogP contribution in [-0.2, 0) is 22.7 Å².